The van der Waals surface area contributed by atoms with Crippen molar-refractivity contribution in [1.82, 2.24) is 10.2 Å². The summed E-state index contributed by atoms with van der Waals surface area (Å²) in [5, 5.41) is 32.8. The van der Waals surface area contributed by atoms with Gasteiger partial charge in [-0.05, 0) is 5.56 Å². The Morgan fingerprint density at radius 1 is 1.29 bits per heavy atom. The number of fused-ring (bicyclic) bond motifs is 1. The molecule has 0 saturated carbocycles. The van der Waals surface area contributed by atoms with Crippen LogP contribution in [0.25, 0.3) is 0 Å². The molecule has 3 rings (SSSR count). The molecule has 2 aliphatic heterocycles. The average molecular weight is 412 g/mol. The van der Waals surface area contributed by atoms with Crippen molar-refractivity contribution in [3.63, 3.8) is 0 Å². The Morgan fingerprint density at radius 3 is 2.68 bits per heavy atom. The number of piperidine rings is 1. The molecular weight excluding hydrogens is 388 g/mol. The molecule has 0 aliphatic carbocycles. The van der Waals surface area contributed by atoms with E-state index in [1.807, 2.05) is 30.3 Å². The summed E-state index contributed by atoms with van der Waals surface area (Å²) in [7, 11) is 1.29. The number of hydrogen-bond donors (Lipinski definition) is 4. The second-order valence-corrected chi connectivity index (χ2v) is 7.84. The first-order valence-electron chi connectivity index (χ1n) is 8.90. The van der Waals surface area contributed by atoms with Crippen molar-refractivity contribution in [1.29, 1.82) is 0 Å². The number of methoxy groups -OCH3 is 1. The van der Waals surface area contributed by atoms with Crippen LogP contribution in [0, 0.1) is 0 Å². The molecule has 10 heteroatoms. The number of benzene rings is 1. The van der Waals surface area contributed by atoms with Gasteiger partial charge < -0.3 is 24.8 Å². The normalized spacial score (nSPS) is 30.5. The van der Waals surface area contributed by atoms with Crippen molar-refractivity contribution < 1.29 is 34.4 Å². The third kappa shape index (κ3) is 4.26. The highest BCUT2D eigenvalue weighted by atomic mass is 32.2. The van der Waals surface area contributed by atoms with E-state index in [2.05, 4.69) is 5.32 Å². The number of thioether (sulfide) groups is 1. The van der Waals surface area contributed by atoms with E-state index in [1.54, 1.807) is 0 Å². The first-order chi connectivity index (χ1) is 13.4. The molecule has 1 amide bonds. The monoisotopic (exact) mass is 412 g/mol. The number of carbonyl (C=O) groups excluding carboxylic acids is 2. The van der Waals surface area contributed by atoms with Gasteiger partial charge in [-0.2, -0.15) is 0 Å². The Kier molecular flexibility index (Phi) is 6.78. The predicted molar refractivity (Wildman–Crippen MR) is 100 cm³/mol. The van der Waals surface area contributed by atoms with Gasteiger partial charge in [0.15, 0.2) is 0 Å². The zero-order valence-corrected chi connectivity index (χ0v) is 16.1. The van der Waals surface area contributed by atoms with Gasteiger partial charge >= 0.3 is 12.1 Å². The third-order valence-corrected chi connectivity index (χ3v) is 6.29. The predicted octanol–water partition coefficient (Wildman–Crippen LogP) is -0.706. The lowest BCUT2D eigenvalue weighted by atomic mass is 9.95. The van der Waals surface area contributed by atoms with Crippen molar-refractivity contribution in [3.05, 3.63) is 35.9 Å². The molecule has 1 aromatic carbocycles. The van der Waals surface area contributed by atoms with Crippen LogP contribution in [0.4, 0.5) is 4.79 Å². The van der Waals surface area contributed by atoms with Crippen molar-refractivity contribution in [3.8, 4) is 0 Å². The zero-order valence-electron chi connectivity index (χ0n) is 15.3. The molecule has 4 N–H and O–H groups in total. The molecule has 0 radical (unpaired) electrons. The van der Waals surface area contributed by atoms with Gasteiger partial charge in [-0.15, -0.1) is 11.8 Å². The van der Waals surface area contributed by atoms with Crippen LogP contribution < -0.4 is 5.32 Å². The molecule has 0 spiro atoms. The molecule has 6 atom stereocenters. The maximum Gasteiger partial charge on any atom is 0.411 e. The van der Waals surface area contributed by atoms with Gasteiger partial charge in [0.2, 0.25) is 0 Å². The van der Waals surface area contributed by atoms with E-state index in [0.29, 0.717) is 6.54 Å². The smallest absolute Gasteiger partial charge is 0.411 e. The Balaban J connectivity index is 1.67. The molecule has 2 heterocycles. The molecule has 0 aromatic heterocycles. The van der Waals surface area contributed by atoms with E-state index in [4.69, 9.17) is 9.47 Å². The molecule has 2 aliphatic rings. The van der Waals surface area contributed by atoms with Crippen molar-refractivity contribution >= 4 is 23.8 Å². The molecule has 9 nitrogen and oxygen atoms in total. The minimum Gasteiger partial charge on any atom is -0.468 e. The minimum absolute atomic E-state index is 0.0620. The highest BCUT2D eigenvalue weighted by molar-refractivity contribution is 8.00. The van der Waals surface area contributed by atoms with Crippen LogP contribution in [-0.4, -0.2) is 87.5 Å². The second kappa shape index (κ2) is 9.10. The highest BCUT2D eigenvalue weighted by Gasteiger charge is 2.54. The topological polar surface area (TPSA) is 129 Å². The Morgan fingerprint density at radius 2 is 2.00 bits per heavy atom. The van der Waals surface area contributed by atoms with Gasteiger partial charge in [0.25, 0.3) is 0 Å². The zero-order chi connectivity index (χ0) is 20.3. The number of cyclic esters (lactones) is 1. The van der Waals surface area contributed by atoms with Gasteiger partial charge in [-0.25, -0.2) is 4.79 Å². The van der Waals surface area contributed by atoms with Gasteiger partial charge in [0.05, 0.1) is 13.2 Å². The van der Waals surface area contributed by atoms with Crippen LogP contribution >= 0.6 is 11.8 Å². The highest BCUT2D eigenvalue weighted by Crippen LogP contribution is 2.35. The van der Waals surface area contributed by atoms with E-state index in [0.717, 1.165) is 17.3 Å². The summed E-state index contributed by atoms with van der Waals surface area (Å²) in [6.07, 6.45) is -4.76. The third-order valence-electron chi connectivity index (χ3n) is 4.92. The number of nitrogens with one attached hydrogen (secondary N) is 1. The van der Waals surface area contributed by atoms with Gasteiger partial charge in [0.1, 0.15) is 36.3 Å². The lowest BCUT2D eigenvalue weighted by Crippen LogP contribution is -2.64. The van der Waals surface area contributed by atoms with Crippen molar-refractivity contribution in [2.75, 3.05) is 19.5 Å². The summed E-state index contributed by atoms with van der Waals surface area (Å²) in [4.78, 5) is 25.4. The lowest BCUT2D eigenvalue weighted by Gasteiger charge is -2.43. The van der Waals surface area contributed by atoms with Crippen molar-refractivity contribution in [2.45, 2.75) is 42.3 Å². The van der Waals surface area contributed by atoms with Crippen LogP contribution in [0.1, 0.15) is 5.56 Å². The number of nitrogens with zero attached hydrogens (tertiary/aromatic N) is 1. The summed E-state index contributed by atoms with van der Waals surface area (Å²) < 4.78 is 9.80. The van der Waals surface area contributed by atoms with Gasteiger partial charge in [0, 0.05) is 12.3 Å². The fourth-order valence-corrected chi connectivity index (χ4v) is 4.73. The number of amides is 1. The average Bonchev–Trinajstić information content (AvgIpc) is 3.10. The Bertz CT molecular complexity index is 692. The van der Waals surface area contributed by atoms with Crippen molar-refractivity contribution in [2.24, 2.45) is 0 Å². The fourth-order valence-electron chi connectivity index (χ4n) is 3.33. The molecule has 1 aromatic rings. The summed E-state index contributed by atoms with van der Waals surface area (Å²) >= 11 is 1.12. The van der Waals surface area contributed by atoms with E-state index in [1.165, 1.54) is 12.0 Å². The number of aliphatic hydroxyl groups excluding tert-OH is 3. The fraction of sp³-hybridized carbons (Fsp3) is 0.556. The van der Waals surface area contributed by atoms with E-state index in [9.17, 15) is 24.9 Å². The van der Waals surface area contributed by atoms with Gasteiger partial charge in [-0.1, -0.05) is 30.3 Å². The van der Waals surface area contributed by atoms with Crippen LogP contribution in [-0.2, 0) is 20.8 Å². The molecule has 2 fully saturated rings. The van der Waals surface area contributed by atoms with E-state index in [-0.39, 0.29) is 12.4 Å². The quantitative estimate of drug-likeness (QED) is 0.430. The molecule has 2 saturated heterocycles. The Hall–Kier alpha value is -1.85. The number of rotatable bonds is 7. The number of esters is 1. The van der Waals surface area contributed by atoms with Crippen LogP contribution in [0.2, 0.25) is 0 Å². The first kappa shape index (κ1) is 20.9. The maximum atomic E-state index is 12.1. The standard InChI is InChI=1S/C18H24N2O7S/c1-26-17(24)11(19-7-10-5-3-2-4-6-10)9-28-16-15(23)14(22)13(21)12-8-27-18(25)20(12)16/h2-6,11-16,19,21-23H,7-9H2,1H3/t11-,12+,13+,14-,15+,16-/m0/s1. The number of carbonyl (C=O) groups is 2. The molecular formula is C18H24N2O7S. The number of ether oxygens (including phenoxy) is 2. The summed E-state index contributed by atoms with van der Waals surface area (Å²) in [5.41, 5.74) is 0.987. The van der Waals surface area contributed by atoms with Crippen LogP contribution in [0.5, 0.6) is 0 Å². The summed E-state index contributed by atoms with van der Waals surface area (Å²) in [6, 6.07) is 8.09. The summed E-state index contributed by atoms with van der Waals surface area (Å²) in [6.45, 7) is 0.373. The maximum absolute atomic E-state index is 12.1. The molecule has 154 valence electrons. The first-order valence-corrected chi connectivity index (χ1v) is 9.95. The molecule has 0 bridgehead atoms. The largest absolute Gasteiger partial charge is 0.468 e. The number of aliphatic hydroxyl groups is 3. The van der Waals surface area contributed by atoms with Crippen LogP contribution in [0.15, 0.2) is 30.3 Å². The summed E-state index contributed by atoms with van der Waals surface area (Å²) in [5.74, 6) is -0.296. The second-order valence-electron chi connectivity index (χ2n) is 6.69. The van der Waals surface area contributed by atoms with Crippen LogP contribution in [0.3, 0.4) is 0 Å². The van der Waals surface area contributed by atoms with Gasteiger partial charge in [-0.3, -0.25) is 15.0 Å². The SMILES string of the molecule is COC(=O)[C@H](CS[C@H]1[C@H](O)[C@@H](O)[C@H](O)[C@H]2COC(=O)N21)NCc1ccccc1. The molecule has 0 unspecified atom stereocenters. The minimum atomic E-state index is -1.41. The molecule has 28 heavy (non-hydrogen) atoms. The van der Waals surface area contributed by atoms with E-state index >= 15 is 0 Å². The lowest BCUT2D eigenvalue weighted by molar-refractivity contribution is -0.142. The Labute approximate surface area is 166 Å². The number of hydrogen-bond acceptors (Lipinski definition) is 9. The van der Waals surface area contributed by atoms with E-state index < -0.39 is 47.8 Å².